The molecule has 0 saturated heterocycles. The molecule has 0 aliphatic carbocycles. The number of aliphatic hydroxyl groups is 3. The molecule has 10 nitrogen and oxygen atoms in total. The Morgan fingerprint density at radius 1 is 1.22 bits per heavy atom. The van der Waals surface area contributed by atoms with Gasteiger partial charge in [-0.2, -0.15) is 0 Å². The first-order valence-electron chi connectivity index (χ1n) is 4.52. The number of carbonyl (C=O) groups is 2. The lowest BCUT2D eigenvalue weighted by Crippen LogP contribution is -2.48. The number of hydrogen-bond acceptors (Lipinski definition) is 8. The van der Waals surface area contributed by atoms with Gasteiger partial charge in [0, 0.05) is 0 Å². The summed E-state index contributed by atoms with van der Waals surface area (Å²) in [6.07, 6.45) is -7.78. The maximum absolute atomic E-state index is 10.6. The van der Waals surface area contributed by atoms with Gasteiger partial charge in [0.15, 0.2) is 18.5 Å². The normalized spacial score (nSPS) is 18.5. The molecule has 0 unspecified atom stereocenters. The van der Waals surface area contributed by atoms with Crippen molar-refractivity contribution in [2.24, 2.45) is 0 Å². The van der Waals surface area contributed by atoms with E-state index in [4.69, 9.17) is 20.0 Å². The van der Waals surface area contributed by atoms with Gasteiger partial charge in [-0.25, -0.2) is 4.57 Å². The minimum atomic E-state index is -5.08. The highest BCUT2D eigenvalue weighted by atomic mass is 31.2. The van der Waals surface area contributed by atoms with Crippen molar-refractivity contribution in [1.29, 1.82) is 0 Å². The van der Waals surface area contributed by atoms with Crippen LogP contribution >= 0.6 is 7.82 Å². The van der Waals surface area contributed by atoms with Crippen molar-refractivity contribution in [1.82, 2.24) is 0 Å². The van der Waals surface area contributed by atoms with Crippen LogP contribution in [-0.4, -0.2) is 68.9 Å². The molecule has 0 aliphatic rings. The monoisotopic (exact) mass is 288 g/mol. The summed E-state index contributed by atoms with van der Waals surface area (Å²) in [6.45, 7) is -1.14. The van der Waals surface area contributed by atoms with E-state index >= 15 is 0 Å². The number of rotatable bonds is 9. The van der Waals surface area contributed by atoms with E-state index in [0.717, 1.165) is 0 Å². The molecule has 0 bridgehead atoms. The van der Waals surface area contributed by atoms with Gasteiger partial charge in [0.05, 0.1) is 6.61 Å². The summed E-state index contributed by atoms with van der Waals surface area (Å²) in [5, 5.41) is 27.1. The van der Waals surface area contributed by atoms with Gasteiger partial charge in [-0.05, 0) is 0 Å². The van der Waals surface area contributed by atoms with Gasteiger partial charge in [0.1, 0.15) is 12.2 Å². The van der Waals surface area contributed by atoms with Crippen LogP contribution in [-0.2, 0) is 23.4 Å². The van der Waals surface area contributed by atoms with Gasteiger partial charge < -0.3 is 34.6 Å². The minimum absolute atomic E-state index is 0.124. The van der Waals surface area contributed by atoms with Gasteiger partial charge in [-0.15, -0.1) is 0 Å². The van der Waals surface area contributed by atoms with Crippen LogP contribution in [0.25, 0.3) is 0 Å². The van der Waals surface area contributed by atoms with E-state index in [1.165, 1.54) is 0 Å². The highest BCUT2D eigenvalue weighted by Gasteiger charge is 2.38. The summed E-state index contributed by atoms with van der Waals surface area (Å²) in [6, 6.07) is 0. The van der Waals surface area contributed by atoms with Crippen LogP contribution in [0.3, 0.4) is 0 Å². The first kappa shape index (κ1) is 17.1. The molecule has 0 rings (SSSR count). The Hall–Kier alpha value is -0.870. The Bertz CT molecular complexity index is 313. The van der Waals surface area contributed by atoms with Crippen molar-refractivity contribution in [2.75, 3.05) is 6.61 Å². The Kier molecular flexibility index (Phi) is 7.18. The number of phosphoric ester groups is 1. The number of aldehydes is 1. The lowest BCUT2D eigenvalue weighted by molar-refractivity contribution is -0.160. The number of hydrogen-bond donors (Lipinski definition) is 5. The molecule has 106 valence electrons. The first-order chi connectivity index (χ1) is 8.26. The van der Waals surface area contributed by atoms with Gasteiger partial charge in [-0.1, -0.05) is 0 Å². The second kappa shape index (κ2) is 7.54. The largest absolute Gasteiger partial charge is 0.470 e. The standard InChI is InChI=1S/C7H13O10P/c8-1-4(11)6(12)7(16-3-10)5(2-9)17-18(13,14)15/h2-8,11-12H,1H2,(H2,13,14,15)/t4-,5+,6-,7-/m1/s1. The van der Waals surface area contributed by atoms with Gasteiger partial charge in [0.25, 0.3) is 6.47 Å². The lowest BCUT2D eigenvalue weighted by atomic mass is 10.0. The highest BCUT2D eigenvalue weighted by molar-refractivity contribution is 7.46. The number of phosphoric acid groups is 1. The Morgan fingerprint density at radius 3 is 2.11 bits per heavy atom. The molecular weight excluding hydrogens is 275 g/mol. The second-order valence-electron chi connectivity index (χ2n) is 3.13. The fourth-order valence-electron chi connectivity index (χ4n) is 1.06. The predicted molar refractivity (Wildman–Crippen MR) is 53.0 cm³/mol. The molecule has 0 heterocycles. The van der Waals surface area contributed by atoms with Crippen LogP contribution in [0.4, 0.5) is 0 Å². The van der Waals surface area contributed by atoms with E-state index in [1.54, 1.807) is 0 Å². The average Bonchev–Trinajstić information content (AvgIpc) is 2.30. The predicted octanol–water partition coefficient (Wildman–Crippen LogP) is -3.08. The zero-order valence-electron chi connectivity index (χ0n) is 8.90. The third-order valence-corrected chi connectivity index (χ3v) is 2.37. The summed E-state index contributed by atoms with van der Waals surface area (Å²) < 4.78 is 18.8. The maximum atomic E-state index is 10.6. The van der Waals surface area contributed by atoms with Gasteiger partial charge >= 0.3 is 7.82 Å². The van der Waals surface area contributed by atoms with Crippen LogP contribution in [0.1, 0.15) is 0 Å². The van der Waals surface area contributed by atoms with Crippen molar-refractivity contribution >= 4 is 20.6 Å². The van der Waals surface area contributed by atoms with E-state index in [2.05, 4.69) is 9.26 Å². The molecule has 0 aromatic carbocycles. The molecule has 0 aromatic rings. The highest BCUT2D eigenvalue weighted by Crippen LogP contribution is 2.38. The fraction of sp³-hybridized carbons (Fsp3) is 0.714. The lowest BCUT2D eigenvalue weighted by Gasteiger charge is -2.28. The molecule has 0 aromatic heterocycles. The third kappa shape index (κ3) is 5.65. The van der Waals surface area contributed by atoms with Gasteiger partial charge in [-0.3, -0.25) is 9.32 Å². The summed E-state index contributed by atoms with van der Waals surface area (Å²) in [5.74, 6) is 0. The summed E-state index contributed by atoms with van der Waals surface area (Å²) in [7, 11) is -5.08. The first-order valence-corrected chi connectivity index (χ1v) is 6.05. The van der Waals surface area contributed by atoms with E-state index in [0.29, 0.717) is 0 Å². The van der Waals surface area contributed by atoms with Crippen molar-refractivity contribution in [3.63, 3.8) is 0 Å². The smallest absolute Gasteiger partial charge is 0.458 e. The molecule has 0 amide bonds. The summed E-state index contributed by atoms with van der Waals surface area (Å²) in [4.78, 5) is 37.8. The molecule has 18 heavy (non-hydrogen) atoms. The van der Waals surface area contributed by atoms with Crippen molar-refractivity contribution in [2.45, 2.75) is 24.4 Å². The number of aliphatic hydroxyl groups excluding tert-OH is 3. The average molecular weight is 288 g/mol. The van der Waals surface area contributed by atoms with Crippen LogP contribution in [0.15, 0.2) is 0 Å². The van der Waals surface area contributed by atoms with Crippen molar-refractivity contribution in [3.05, 3.63) is 0 Å². The topological polar surface area (TPSA) is 171 Å². The fourth-order valence-corrected chi connectivity index (χ4v) is 1.55. The minimum Gasteiger partial charge on any atom is -0.458 e. The summed E-state index contributed by atoms with van der Waals surface area (Å²) in [5.41, 5.74) is 0. The zero-order valence-corrected chi connectivity index (χ0v) is 9.79. The summed E-state index contributed by atoms with van der Waals surface area (Å²) >= 11 is 0. The van der Waals surface area contributed by atoms with Gasteiger partial charge in [0.2, 0.25) is 0 Å². The maximum Gasteiger partial charge on any atom is 0.470 e. The molecule has 5 N–H and O–H groups in total. The van der Waals surface area contributed by atoms with Crippen molar-refractivity contribution in [3.8, 4) is 0 Å². The Morgan fingerprint density at radius 2 is 1.78 bits per heavy atom. The number of carbonyl (C=O) groups excluding carboxylic acids is 2. The Balaban J connectivity index is 4.98. The van der Waals surface area contributed by atoms with Crippen LogP contribution in [0, 0.1) is 0 Å². The van der Waals surface area contributed by atoms with Crippen LogP contribution in [0.2, 0.25) is 0 Å². The molecular formula is C7H13O10P. The zero-order chi connectivity index (χ0) is 14.3. The molecule has 0 spiro atoms. The van der Waals surface area contributed by atoms with E-state index in [9.17, 15) is 19.3 Å². The molecule has 11 heteroatoms. The van der Waals surface area contributed by atoms with E-state index in [-0.39, 0.29) is 12.8 Å². The van der Waals surface area contributed by atoms with Crippen molar-refractivity contribution < 1.29 is 48.5 Å². The molecule has 4 atom stereocenters. The van der Waals surface area contributed by atoms with E-state index in [1.807, 2.05) is 0 Å². The molecule has 0 fully saturated rings. The molecule has 0 radical (unpaired) electrons. The second-order valence-corrected chi connectivity index (χ2v) is 4.33. The van der Waals surface area contributed by atoms with Crippen LogP contribution < -0.4 is 0 Å². The molecule has 0 saturated carbocycles. The van der Waals surface area contributed by atoms with Crippen LogP contribution in [0.5, 0.6) is 0 Å². The SMILES string of the molecule is O=CO[C@@H]([C@H](O)[C@H](O)CO)[C@H](C=O)OP(=O)(O)O. The van der Waals surface area contributed by atoms with E-state index < -0.39 is 38.8 Å². The quantitative estimate of drug-likeness (QED) is 0.216. The molecule has 0 aliphatic heterocycles. The third-order valence-electron chi connectivity index (χ3n) is 1.85. The Labute approximate surface area is 101 Å². The number of ether oxygens (including phenoxy) is 1.